The Morgan fingerprint density at radius 3 is 2.23 bits per heavy atom. The molecule has 1 heterocycles. The van der Waals surface area contributed by atoms with E-state index in [9.17, 15) is 9.18 Å². The smallest absolute Gasteiger partial charge is 0.163 e. The van der Waals surface area contributed by atoms with E-state index in [0.717, 1.165) is 40.2 Å². The van der Waals surface area contributed by atoms with Gasteiger partial charge in [-0.3, -0.25) is 4.79 Å². The molecule has 5 rings (SSSR count). The molecule has 0 amide bonds. The topological polar surface area (TPSA) is 41.1 Å². The van der Waals surface area contributed by atoms with Crippen molar-refractivity contribution in [1.82, 2.24) is 0 Å². The predicted octanol–water partition coefficient (Wildman–Crippen LogP) is 6.46. The quantitative estimate of drug-likeness (QED) is 0.501. The molecule has 1 aliphatic heterocycles. The van der Waals surface area contributed by atoms with E-state index < -0.39 is 0 Å². The first-order valence-electron chi connectivity index (χ1n) is 9.98. The number of Topliss-reactive ketones (excluding diaryl/α,β-unsaturated/α-hetero) is 1. The number of halogens is 2. The second-order valence-corrected chi connectivity index (χ2v) is 8.21. The van der Waals surface area contributed by atoms with Crippen LogP contribution >= 0.6 is 11.6 Å². The zero-order valence-corrected chi connectivity index (χ0v) is 16.9. The summed E-state index contributed by atoms with van der Waals surface area (Å²) >= 11 is 6.04. The van der Waals surface area contributed by atoms with Gasteiger partial charge in [-0.05, 0) is 59.9 Å². The Morgan fingerprint density at radius 2 is 1.50 bits per heavy atom. The molecule has 2 aliphatic rings. The van der Waals surface area contributed by atoms with Gasteiger partial charge in [-0.1, -0.05) is 48.0 Å². The number of ketones is 1. The average molecular weight is 419 g/mol. The Balaban J connectivity index is 1.60. The van der Waals surface area contributed by atoms with E-state index in [4.69, 9.17) is 11.6 Å². The monoisotopic (exact) mass is 418 g/mol. The van der Waals surface area contributed by atoms with Crippen LogP contribution in [-0.4, -0.2) is 5.78 Å². The molecule has 3 nitrogen and oxygen atoms in total. The molecule has 1 aliphatic carbocycles. The van der Waals surface area contributed by atoms with Crippen LogP contribution in [0.25, 0.3) is 0 Å². The van der Waals surface area contributed by atoms with Gasteiger partial charge in [-0.15, -0.1) is 0 Å². The van der Waals surface area contributed by atoms with Crippen molar-refractivity contribution in [2.24, 2.45) is 0 Å². The van der Waals surface area contributed by atoms with Gasteiger partial charge < -0.3 is 10.6 Å². The molecular weight excluding hydrogens is 399 g/mol. The van der Waals surface area contributed by atoms with E-state index in [2.05, 4.69) is 10.6 Å². The first-order chi connectivity index (χ1) is 14.6. The van der Waals surface area contributed by atoms with Crippen molar-refractivity contribution in [3.63, 3.8) is 0 Å². The lowest BCUT2D eigenvalue weighted by Gasteiger charge is -2.30. The summed E-state index contributed by atoms with van der Waals surface area (Å²) in [5.74, 6) is -0.114. The maximum absolute atomic E-state index is 13.5. The second-order valence-electron chi connectivity index (χ2n) is 7.77. The Labute approximate surface area is 179 Å². The van der Waals surface area contributed by atoms with Gasteiger partial charge in [0, 0.05) is 22.7 Å². The highest BCUT2D eigenvalue weighted by molar-refractivity contribution is 6.30. The minimum Gasteiger partial charge on any atom is -0.372 e. The predicted molar refractivity (Wildman–Crippen MR) is 118 cm³/mol. The standard InChI is InChI=1S/C25H20ClFN2O/c26-18-9-5-15(6-10-18)17-13-22-24(23(30)14-17)25(16-7-11-19(27)12-8-16)29-21-4-2-1-3-20(21)28-22/h1-12,17,25,28-29H,13-14H2/t17-,25+/m1/s1. The molecule has 3 aromatic rings. The van der Waals surface area contributed by atoms with Gasteiger partial charge in [-0.2, -0.15) is 0 Å². The molecule has 2 N–H and O–H groups in total. The number of hydrogen-bond acceptors (Lipinski definition) is 3. The van der Waals surface area contributed by atoms with E-state index in [0.29, 0.717) is 11.4 Å². The van der Waals surface area contributed by atoms with Crippen LogP contribution in [0.3, 0.4) is 0 Å². The molecule has 5 heteroatoms. The van der Waals surface area contributed by atoms with Crippen LogP contribution < -0.4 is 10.6 Å². The summed E-state index contributed by atoms with van der Waals surface area (Å²) in [6.45, 7) is 0. The van der Waals surface area contributed by atoms with E-state index >= 15 is 0 Å². The van der Waals surface area contributed by atoms with Crippen molar-refractivity contribution in [1.29, 1.82) is 0 Å². The van der Waals surface area contributed by atoms with E-state index in [-0.39, 0.29) is 23.6 Å². The van der Waals surface area contributed by atoms with Crippen LogP contribution in [0.1, 0.15) is 35.9 Å². The summed E-state index contributed by atoms with van der Waals surface area (Å²) in [5, 5.41) is 7.70. The molecule has 30 heavy (non-hydrogen) atoms. The number of rotatable bonds is 2. The Kier molecular flexibility index (Phi) is 4.80. The molecule has 0 aromatic heterocycles. The van der Waals surface area contributed by atoms with Crippen molar-refractivity contribution in [2.45, 2.75) is 24.8 Å². The van der Waals surface area contributed by atoms with E-state index in [1.165, 1.54) is 12.1 Å². The molecule has 0 fully saturated rings. The first kappa shape index (κ1) is 18.9. The third kappa shape index (κ3) is 3.48. The molecule has 0 bridgehead atoms. The maximum Gasteiger partial charge on any atom is 0.163 e. The zero-order valence-electron chi connectivity index (χ0n) is 16.2. The number of carbonyl (C=O) groups is 1. The second kappa shape index (κ2) is 7.62. The van der Waals surface area contributed by atoms with Gasteiger partial charge in [0.2, 0.25) is 0 Å². The normalized spacial score (nSPS) is 20.5. The number of anilines is 2. The van der Waals surface area contributed by atoms with Crippen LogP contribution in [-0.2, 0) is 4.79 Å². The van der Waals surface area contributed by atoms with Crippen LogP contribution in [0, 0.1) is 5.82 Å². The first-order valence-corrected chi connectivity index (χ1v) is 10.4. The highest BCUT2D eigenvalue weighted by Gasteiger charge is 2.36. The lowest BCUT2D eigenvalue weighted by Crippen LogP contribution is -2.26. The minimum atomic E-state index is -0.338. The molecule has 2 atom stereocenters. The van der Waals surface area contributed by atoms with Crippen LogP contribution in [0.4, 0.5) is 15.8 Å². The average Bonchev–Trinajstić information content (AvgIpc) is 2.91. The molecular formula is C25H20ClFN2O. The SMILES string of the molecule is O=C1C[C@H](c2ccc(Cl)cc2)CC2=C1[C@H](c1ccc(F)cc1)Nc1ccccc1N2. The number of para-hydroxylation sites is 2. The number of fused-ring (bicyclic) bond motifs is 1. The number of carbonyl (C=O) groups excluding carboxylic acids is 1. The van der Waals surface area contributed by atoms with Gasteiger partial charge in [-0.25, -0.2) is 4.39 Å². The Bertz CT molecular complexity index is 1140. The van der Waals surface area contributed by atoms with Gasteiger partial charge in [0.15, 0.2) is 5.78 Å². The van der Waals surface area contributed by atoms with Crippen molar-refractivity contribution < 1.29 is 9.18 Å². The summed E-state index contributed by atoms with van der Waals surface area (Å²) in [7, 11) is 0. The lowest BCUT2D eigenvalue weighted by atomic mass is 9.78. The molecule has 0 saturated heterocycles. The van der Waals surface area contributed by atoms with Gasteiger partial charge in [0.1, 0.15) is 5.82 Å². The van der Waals surface area contributed by atoms with Crippen molar-refractivity contribution in [2.75, 3.05) is 10.6 Å². The fourth-order valence-corrected chi connectivity index (χ4v) is 4.49. The molecule has 0 spiro atoms. The maximum atomic E-state index is 13.5. The van der Waals surface area contributed by atoms with Gasteiger partial charge in [0.05, 0.1) is 17.4 Å². The number of nitrogens with one attached hydrogen (secondary N) is 2. The summed E-state index contributed by atoms with van der Waals surface area (Å²) in [6, 6.07) is 21.6. The summed E-state index contributed by atoms with van der Waals surface area (Å²) in [6.07, 6.45) is 1.15. The zero-order chi connectivity index (χ0) is 20.7. The number of benzene rings is 3. The van der Waals surface area contributed by atoms with E-state index in [1.54, 1.807) is 12.1 Å². The largest absolute Gasteiger partial charge is 0.372 e. The van der Waals surface area contributed by atoms with Crippen LogP contribution in [0.2, 0.25) is 5.02 Å². The van der Waals surface area contributed by atoms with Crippen LogP contribution in [0.5, 0.6) is 0 Å². The van der Waals surface area contributed by atoms with Crippen molar-refractivity contribution >= 4 is 28.8 Å². The molecule has 0 saturated carbocycles. The third-order valence-electron chi connectivity index (χ3n) is 5.85. The van der Waals surface area contributed by atoms with Gasteiger partial charge >= 0.3 is 0 Å². The highest BCUT2D eigenvalue weighted by atomic mass is 35.5. The van der Waals surface area contributed by atoms with Crippen LogP contribution in [0.15, 0.2) is 84.1 Å². The molecule has 3 aromatic carbocycles. The molecule has 0 unspecified atom stereocenters. The lowest BCUT2D eigenvalue weighted by molar-refractivity contribution is -0.116. The number of allylic oxidation sites excluding steroid dienone is 1. The molecule has 0 radical (unpaired) electrons. The summed E-state index contributed by atoms with van der Waals surface area (Å²) in [4.78, 5) is 13.4. The fraction of sp³-hybridized carbons (Fsp3) is 0.160. The Hall–Kier alpha value is -3.11. The highest BCUT2D eigenvalue weighted by Crippen LogP contribution is 2.44. The van der Waals surface area contributed by atoms with Crippen molar-refractivity contribution in [3.05, 3.63) is 106 Å². The number of hydrogen-bond donors (Lipinski definition) is 2. The summed E-state index contributed by atoms with van der Waals surface area (Å²) in [5.41, 5.74) is 5.45. The minimum absolute atomic E-state index is 0.0835. The molecule has 150 valence electrons. The Morgan fingerprint density at radius 1 is 0.833 bits per heavy atom. The van der Waals surface area contributed by atoms with E-state index in [1.807, 2.05) is 48.5 Å². The third-order valence-corrected chi connectivity index (χ3v) is 6.11. The summed E-state index contributed by atoms with van der Waals surface area (Å²) < 4.78 is 13.5. The fourth-order valence-electron chi connectivity index (χ4n) is 4.37. The van der Waals surface area contributed by atoms with Gasteiger partial charge in [0.25, 0.3) is 0 Å². The van der Waals surface area contributed by atoms with Crippen molar-refractivity contribution in [3.8, 4) is 0 Å².